The summed E-state index contributed by atoms with van der Waals surface area (Å²) in [5, 5.41) is 1.95. The van der Waals surface area contributed by atoms with Crippen LogP contribution in [0, 0.1) is 5.95 Å². The van der Waals surface area contributed by atoms with Gasteiger partial charge >= 0.3 is 5.97 Å². The lowest BCUT2D eigenvalue weighted by Gasteiger charge is -2.21. The van der Waals surface area contributed by atoms with Gasteiger partial charge in [-0.25, -0.2) is 4.98 Å². The first-order chi connectivity index (χ1) is 13.2. The van der Waals surface area contributed by atoms with Crippen molar-refractivity contribution in [2.24, 2.45) is 0 Å². The number of esters is 1. The number of hydrogen-bond acceptors (Lipinski definition) is 4. The van der Waals surface area contributed by atoms with Gasteiger partial charge in [0.05, 0.1) is 18.2 Å². The van der Waals surface area contributed by atoms with Crippen LogP contribution in [-0.2, 0) is 9.53 Å². The highest BCUT2D eigenvalue weighted by Crippen LogP contribution is 2.36. The van der Waals surface area contributed by atoms with Gasteiger partial charge in [0.2, 0.25) is 5.95 Å². The smallest absolute Gasteiger partial charge is 0.313 e. The van der Waals surface area contributed by atoms with Crippen LogP contribution in [0.2, 0.25) is 0 Å². The van der Waals surface area contributed by atoms with Crippen LogP contribution >= 0.6 is 0 Å². The molecule has 1 unspecified atom stereocenters. The molecule has 1 aliphatic heterocycles. The zero-order chi connectivity index (χ0) is 18.4. The quantitative estimate of drug-likeness (QED) is 0.363. The molecule has 4 nitrogen and oxygen atoms in total. The second kappa shape index (κ2) is 6.20. The van der Waals surface area contributed by atoms with Crippen LogP contribution < -0.4 is 0 Å². The van der Waals surface area contributed by atoms with E-state index < -0.39 is 11.9 Å². The number of furan rings is 1. The summed E-state index contributed by atoms with van der Waals surface area (Å²) in [4.78, 5) is 16.2. The predicted molar refractivity (Wildman–Crippen MR) is 99.8 cm³/mol. The van der Waals surface area contributed by atoms with Crippen molar-refractivity contribution in [2.45, 2.75) is 18.8 Å². The number of nitrogens with zero attached hydrogens (tertiary/aromatic N) is 1. The lowest BCUT2D eigenvalue weighted by atomic mass is 9.92. The van der Waals surface area contributed by atoms with Crippen LogP contribution in [0.5, 0.6) is 0 Å². The van der Waals surface area contributed by atoms with Gasteiger partial charge in [0.25, 0.3) is 0 Å². The minimum atomic E-state index is -0.617. The van der Waals surface area contributed by atoms with Gasteiger partial charge in [-0.1, -0.05) is 30.3 Å². The fourth-order valence-electron chi connectivity index (χ4n) is 3.79. The van der Waals surface area contributed by atoms with E-state index in [1.807, 2.05) is 42.5 Å². The van der Waals surface area contributed by atoms with Gasteiger partial charge in [0, 0.05) is 16.3 Å². The first-order valence-corrected chi connectivity index (χ1v) is 8.95. The minimum absolute atomic E-state index is 0.306. The largest absolute Gasteiger partial charge is 0.465 e. The van der Waals surface area contributed by atoms with Gasteiger partial charge in [0.15, 0.2) is 0 Å². The Morgan fingerprint density at radius 1 is 1.04 bits per heavy atom. The van der Waals surface area contributed by atoms with Crippen LogP contribution in [-0.4, -0.2) is 17.6 Å². The van der Waals surface area contributed by atoms with Gasteiger partial charge in [-0.05, 0) is 42.7 Å². The standard InChI is InChI=1S/C22H16FNO3/c23-20-12-13(14-8-4-10-26-22(14)25)11-18(24-20)17-7-3-6-16-15-5-1-2-9-19(15)27-21(16)17/h1-3,5-7,9,11-12,14H,4,8,10H2. The number of pyridine rings is 1. The van der Waals surface area contributed by atoms with Crippen molar-refractivity contribution in [3.05, 3.63) is 66.1 Å². The number of ether oxygens (including phenoxy) is 1. The molecule has 0 bridgehead atoms. The Morgan fingerprint density at radius 2 is 1.89 bits per heavy atom. The molecule has 2 aromatic carbocycles. The number of cyclic esters (lactones) is 1. The van der Waals surface area contributed by atoms with Gasteiger partial charge in [-0.2, -0.15) is 4.39 Å². The lowest BCUT2D eigenvalue weighted by molar-refractivity contribution is -0.149. The van der Waals surface area contributed by atoms with Gasteiger partial charge in [-0.15, -0.1) is 0 Å². The summed E-state index contributed by atoms with van der Waals surface area (Å²) >= 11 is 0. The monoisotopic (exact) mass is 361 g/mol. The van der Waals surface area contributed by atoms with Crippen molar-refractivity contribution >= 4 is 27.9 Å². The number of benzene rings is 2. The van der Waals surface area contributed by atoms with E-state index in [1.165, 1.54) is 6.07 Å². The highest BCUT2D eigenvalue weighted by Gasteiger charge is 2.27. The molecule has 5 heteroatoms. The predicted octanol–water partition coefficient (Wildman–Crippen LogP) is 5.21. The van der Waals surface area contributed by atoms with Crippen LogP contribution in [0.25, 0.3) is 33.2 Å². The number of carbonyl (C=O) groups is 1. The van der Waals surface area contributed by atoms with E-state index in [-0.39, 0.29) is 5.97 Å². The summed E-state index contributed by atoms with van der Waals surface area (Å²) in [6, 6.07) is 16.6. The molecule has 2 aromatic heterocycles. The maximum Gasteiger partial charge on any atom is 0.313 e. The molecule has 134 valence electrons. The topological polar surface area (TPSA) is 52.3 Å². The number of carbonyl (C=O) groups excluding carboxylic acids is 1. The maximum atomic E-state index is 14.3. The summed E-state index contributed by atoms with van der Waals surface area (Å²) in [6.07, 6.45) is 1.42. The second-order valence-electron chi connectivity index (χ2n) is 6.75. The number of aromatic nitrogens is 1. The minimum Gasteiger partial charge on any atom is -0.465 e. The number of rotatable bonds is 2. The molecule has 0 N–H and O–H groups in total. The van der Waals surface area contributed by atoms with E-state index >= 15 is 0 Å². The maximum absolute atomic E-state index is 14.3. The molecule has 1 saturated heterocycles. The molecule has 5 rings (SSSR count). The number of halogens is 1. The van der Waals surface area contributed by atoms with Crippen molar-refractivity contribution in [1.29, 1.82) is 0 Å². The lowest BCUT2D eigenvalue weighted by Crippen LogP contribution is -2.22. The molecule has 4 aromatic rings. The van der Waals surface area contributed by atoms with E-state index in [4.69, 9.17) is 9.15 Å². The summed E-state index contributed by atoms with van der Waals surface area (Å²) in [7, 11) is 0. The molecular weight excluding hydrogens is 345 g/mol. The highest BCUT2D eigenvalue weighted by atomic mass is 19.1. The van der Waals surface area contributed by atoms with E-state index in [0.29, 0.717) is 35.4 Å². The second-order valence-corrected chi connectivity index (χ2v) is 6.75. The Labute approximate surface area is 154 Å². The number of hydrogen-bond donors (Lipinski definition) is 0. The van der Waals surface area contributed by atoms with Crippen molar-refractivity contribution in [3.63, 3.8) is 0 Å². The Hall–Kier alpha value is -3.21. The molecule has 1 atom stereocenters. The number of para-hydroxylation sites is 2. The van der Waals surface area contributed by atoms with Crippen LogP contribution in [0.3, 0.4) is 0 Å². The first kappa shape index (κ1) is 16.0. The molecule has 1 fully saturated rings. The Bertz CT molecular complexity index is 1180. The molecule has 0 amide bonds. The number of fused-ring (bicyclic) bond motifs is 3. The third kappa shape index (κ3) is 2.67. The average molecular weight is 361 g/mol. The molecule has 0 radical (unpaired) electrons. The van der Waals surface area contributed by atoms with Crippen LogP contribution in [0.1, 0.15) is 24.3 Å². The third-order valence-corrected chi connectivity index (χ3v) is 5.06. The average Bonchev–Trinajstić information content (AvgIpc) is 3.06. The highest BCUT2D eigenvalue weighted by molar-refractivity contribution is 6.09. The molecule has 1 aliphatic rings. The molecule has 0 aliphatic carbocycles. The first-order valence-electron chi connectivity index (χ1n) is 8.95. The zero-order valence-corrected chi connectivity index (χ0v) is 14.4. The van der Waals surface area contributed by atoms with E-state index in [2.05, 4.69) is 4.98 Å². The Balaban J connectivity index is 1.70. The molecule has 0 saturated carbocycles. The van der Waals surface area contributed by atoms with Gasteiger partial charge in [0.1, 0.15) is 11.2 Å². The van der Waals surface area contributed by atoms with Gasteiger partial charge < -0.3 is 9.15 Å². The zero-order valence-electron chi connectivity index (χ0n) is 14.4. The fourth-order valence-corrected chi connectivity index (χ4v) is 3.79. The summed E-state index contributed by atoms with van der Waals surface area (Å²) in [5.74, 6) is -1.38. The van der Waals surface area contributed by atoms with Crippen molar-refractivity contribution in [2.75, 3.05) is 6.61 Å². The third-order valence-electron chi connectivity index (χ3n) is 5.06. The SMILES string of the molecule is O=C1OCCCC1c1cc(F)nc(-c2cccc3c2oc2ccccc23)c1. The van der Waals surface area contributed by atoms with E-state index in [9.17, 15) is 9.18 Å². The summed E-state index contributed by atoms with van der Waals surface area (Å²) in [6.45, 7) is 0.425. The molecule has 27 heavy (non-hydrogen) atoms. The van der Waals surface area contributed by atoms with Gasteiger partial charge in [-0.3, -0.25) is 4.79 Å². The summed E-state index contributed by atoms with van der Waals surface area (Å²) < 4.78 is 25.5. The Morgan fingerprint density at radius 3 is 2.78 bits per heavy atom. The molecule has 0 spiro atoms. The normalized spacial score (nSPS) is 17.4. The van der Waals surface area contributed by atoms with Crippen molar-refractivity contribution < 1.29 is 18.3 Å². The van der Waals surface area contributed by atoms with E-state index in [0.717, 1.165) is 22.8 Å². The molecular formula is C22H16FNO3. The van der Waals surface area contributed by atoms with Crippen LogP contribution in [0.15, 0.2) is 59.0 Å². The van der Waals surface area contributed by atoms with Crippen molar-refractivity contribution in [1.82, 2.24) is 4.98 Å². The molecule has 3 heterocycles. The van der Waals surface area contributed by atoms with Crippen molar-refractivity contribution in [3.8, 4) is 11.3 Å². The summed E-state index contributed by atoms with van der Waals surface area (Å²) in [5.41, 5.74) is 3.18. The van der Waals surface area contributed by atoms with Crippen LogP contribution in [0.4, 0.5) is 4.39 Å². The fraction of sp³-hybridized carbons (Fsp3) is 0.182. The Kier molecular flexibility index (Phi) is 3.67. The van der Waals surface area contributed by atoms with E-state index in [1.54, 1.807) is 6.07 Å².